The molecule has 88 valence electrons. The SMILES string of the molecule is CCCC(C(=O)OC)c1ccccc1OC. The van der Waals surface area contributed by atoms with Crippen LogP contribution in [0.4, 0.5) is 0 Å². The van der Waals surface area contributed by atoms with E-state index in [-0.39, 0.29) is 11.9 Å². The predicted molar refractivity (Wildman–Crippen MR) is 62.7 cm³/mol. The summed E-state index contributed by atoms with van der Waals surface area (Å²) in [6, 6.07) is 7.57. The summed E-state index contributed by atoms with van der Waals surface area (Å²) < 4.78 is 10.1. The maximum atomic E-state index is 11.7. The van der Waals surface area contributed by atoms with E-state index in [2.05, 4.69) is 0 Å². The topological polar surface area (TPSA) is 35.5 Å². The van der Waals surface area contributed by atoms with E-state index in [9.17, 15) is 4.79 Å². The highest BCUT2D eigenvalue weighted by atomic mass is 16.5. The van der Waals surface area contributed by atoms with Gasteiger partial charge in [0.15, 0.2) is 0 Å². The predicted octanol–water partition coefficient (Wildman–Crippen LogP) is 2.75. The molecule has 0 amide bonds. The Bertz CT molecular complexity index is 347. The first-order chi connectivity index (χ1) is 7.74. The molecule has 0 spiro atoms. The van der Waals surface area contributed by atoms with Gasteiger partial charge in [0, 0.05) is 5.56 Å². The molecule has 1 rings (SSSR count). The summed E-state index contributed by atoms with van der Waals surface area (Å²) in [6.07, 6.45) is 1.70. The Hall–Kier alpha value is -1.51. The first-order valence-electron chi connectivity index (χ1n) is 5.45. The van der Waals surface area contributed by atoms with Crippen LogP contribution in [-0.2, 0) is 9.53 Å². The molecule has 0 saturated heterocycles. The smallest absolute Gasteiger partial charge is 0.313 e. The summed E-state index contributed by atoms with van der Waals surface area (Å²) in [5, 5.41) is 0. The number of esters is 1. The molecule has 1 aromatic rings. The first-order valence-corrected chi connectivity index (χ1v) is 5.45. The normalized spacial score (nSPS) is 11.9. The van der Waals surface area contributed by atoms with E-state index >= 15 is 0 Å². The van der Waals surface area contributed by atoms with Crippen molar-refractivity contribution in [1.82, 2.24) is 0 Å². The van der Waals surface area contributed by atoms with Crippen LogP contribution in [0.5, 0.6) is 5.75 Å². The molecule has 16 heavy (non-hydrogen) atoms. The lowest BCUT2D eigenvalue weighted by Crippen LogP contribution is -2.15. The number of rotatable bonds is 5. The molecule has 0 saturated carbocycles. The molecule has 0 radical (unpaired) electrons. The van der Waals surface area contributed by atoms with Gasteiger partial charge in [-0.15, -0.1) is 0 Å². The number of benzene rings is 1. The Morgan fingerprint density at radius 2 is 2.00 bits per heavy atom. The van der Waals surface area contributed by atoms with Crippen molar-refractivity contribution < 1.29 is 14.3 Å². The molecule has 0 fully saturated rings. The number of methoxy groups -OCH3 is 2. The number of ether oxygens (including phenoxy) is 2. The Kier molecular flexibility index (Phi) is 4.83. The second-order valence-electron chi connectivity index (χ2n) is 3.61. The molecular formula is C13H18O3. The van der Waals surface area contributed by atoms with Crippen molar-refractivity contribution >= 4 is 5.97 Å². The zero-order valence-electron chi connectivity index (χ0n) is 10.0. The van der Waals surface area contributed by atoms with Crippen LogP contribution in [0.25, 0.3) is 0 Å². The van der Waals surface area contributed by atoms with Crippen LogP contribution in [0.1, 0.15) is 31.2 Å². The molecule has 0 aromatic heterocycles. The first kappa shape index (κ1) is 12.6. The molecule has 1 unspecified atom stereocenters. The van der Waals surface area contributed by atoms with Crippen LogP contribution in [0, 0.1) is 0 Å². The van der Waals surface area contributed by atoms with Gasteiger partial charge in [-0.1, -0.05) is 31.5 Å². The number of para-hydroxylation sites is 1. The van der Waals surface area contributed by atoms with Crippen LogP contribution in [0.15, 0.2) is 24.3 Å². The van der Waals surface area contributed by atoms with E-state index in [0.717, 1.165) is 24.2 Å². The minimum Gasteiger partial charge on any atom is -0.496 e. The molecule has 0 bridgehead atoms. The van der Waals surface area contributed by atoms with Gasteiger partial charge in [0.25, 0.3) is 0 Å². The lowest BCUT2D eigenvalue weighted by molar-refractivity contribution is -0.142. The standard InChI is InChI=1S/C13H18O3/c1-4-7-11(13(14)16-3)10-8-5-6-9-12(10)15-2/h5-6,8-9,11H,4,7H2,1-3H3. The largest absolute Gasteiger partial charge is 0.496 e. The van der Waals surface area contributed by atoms with Gasteiger partial charge in [-0.05, 0) is 12.5 Å². The summed E-state index contributed by atoms with van der Waals surface area (Å²) >= 11 is 0. The van der Waals surface area contributed by atoms with Gasteiger partial charge in [-0.2, -0.15) is 0 Å². The molecule has 3 heteroatoms. The third-order valence-corrected chi connectivity index (χ3v) is 2.58. The van der Waals surface area contributed by atoms with E-state index in [1.165, 1.54) is 7.11 Å². The summed E-state index contributed by atoms with van der Waals surface area (Å²) in [5.74, 6) is 0.309. The highest BCUT2D eigenvalue weighted by molar-refractivity contribution is 5.79. The summed E-state index contributed by atoms with van der Waals surface area (Å²) in [7, 11) is 3.03. The molecule has 0 aliphatic carbocycles. The number of hydrogen-bond acceptors (Lipinski definition) is 3. The van der Waals surface area contributed by atoms with E-state index in [1.54, 1.807) is 7.11 Å². The highest BCUT2D eigenvalue weighted by Crippen LogP contribution is 2.30. The molecular weight excluding hydrogens is 204 g/mol. The molecule has 3 nitrogen and oxygen atoms in total. The molecule has 0 aliphatic rings. The lowest BCUT2D eigenvalue weighted by atomic mass is 9.94. The van der Waals surface area contributed by atoms with E-state index < -0.39 is 0 Å². The van der Waals surface area contributed by atoms with Crippen LogP contribution in [0.2, 0.25) is 0 Å². The minimum atomic E-state index is -0.230. The maximum Gasteiger partial charge on any atom is 0.313 e. The van der Waals surface area contributed by atoms with Crippen LogP contribution < -0.4 is 4.74 Å². The third kappa shape index (κ3) is 2.75. The van der Waals surface area contributed by atoms with Gasteiger partial charge >= 0.3 is 5.97 Å². The summed E-state index contributed by atoms with van der Waals surface area (Å²) in [4.78, 5) is 11.7. The second kappa shape index (κ2) is 6.16. The third-order valence-electron chi connectivity index (χ3n) is 2.58. The molecule has 1 atom stereocenters. The lowest BCUT2D eigenvalue weighted by Gasteiger charge is -2.16. The van der Waals surface area contributed by atoms with Crippen molar-refractivity contribution in [3.05, 3.63) is 29.8 Å². The molecule has 1 aromatic carbocycles. The number of hydrogen-bond donors (Lipinski definition) is 0. The molecule has 0 aliphatic heterocycles. The fraction of sp³-hybridized carbons (Fsp3) is 0.462. The summed E-state index contributed by atoms with van der Waals surface area (Å²) in [5.41, 5.74) is 0.902. The van der Waals surface area contributed by atoms with Gasteiger partial charge in [0.05, 0.1) is 20.1 Å². The van der Waals surface area contributed by atoms with Crippen molar-refractivity contribution in [3.8, 4) is 5.75 Å². The van der Waals surface area contributed by atoms with Crippen molar-refractivity contribution in [2.45, 2.75) is 25.7 Å². The van der Waals surface area contributed by atoms with Gasteiger partial charge in [-0.25, -0.2) is 0 Å². The Morgan fingerprint density at radius 3 is 2.56 bits per heavy atom. The van der Waals surface area contributed by atoms with Crippen LogP contribution in [0.3, 0.4) is 0 Å². The van der Waals surface area contributed by atoms with Gasteiger partial charge in [0.1, 0.15) is 5.75 Å². The Labute approximate surface area is 96.4 Å². The maximum absolute atomic E-state index is 11.7. The van der Waals surface area contributed by atoms with Crippen molar-refractivity contribution in [3.63, 3.8) is 0 Å². The second-order valence-corrected chi connectivity index (χ2v) is 3.61. The average Bonchev–Trinajstić information content (AvgIpc) is 2.35. The number of carbonyl (C=O) groups is 1. The quantitative estimate of drug-likeness (QED) is 0.719. The van der Waals surface area contributed by atoms with Crippen LogP contribution >= 0.6 is 0 Å². The highest BCUT2D eigenvalue weighted by Gasteiger charge is 2.23. The van der Waals surface area contributed by atoms with Crippen LogP contribution in [-0.4, -0.2) is 20.2 Å². The monoisotopic (exact) mass is 222 g/mol. The van der Waals surface area contributed by atoms with E-state index in [0.29, 0.717) is 0 Å². The van der Waals surface area contributed by atoms with Gasteiger partial charge in [0.2, 0.25) is 0 Å². The Morgan fingerprint density at radius 1 is 1.31 bits per heavy atom. The van der Waals surface area contributed by atoms with Crippen molar-refractivity contribution in [2.24, 2.45) is 0 Å². The number of carbonyl (C=O) groups excluding carboxylic acids is 1. The minimum absolute atomic E-state index is 0.202. The van der Waals surface area contributed by atoms with Gasteiger partial charge < -0.3 is 9.47 Å². The molecule has 0 heterocycles. The molecule has 0 N–H and O–H groups in total. The zero-order valence-corrected chi connectivity index (χ0v) is 10.0. The summed E-state index contributed by atoms with van der Waals surface area (Å²) in [6.45, 7) is 2.05. The Balaban J connectivity index is 3.04. The van der Waals surface area contributed by atoms with E-state index in [1.807, 2.05) is 31.2 Å². The van der Waals surface area contributed by atoms with Crippen molar-refractivity contribution in [2.75, 3.05) is 14.2 Å². The fourth-order valence-electron chi connectivity index (χ4n) is 1.79. The van der Waals surface area contributed by atoms with Gasteiger partial charge in [-0.3, -0.25) is 4.79 Å². The van der Waals surface area contributed by atoms with Crippen molar-refractivity contribution in [1.29, 1.82) is 0 Å². The zero-order chi connectivity index (χ0) is 12.0. The average molecular weight is 222 g/mol. The van der Waals surface area contributed by atoms with E-state index in [4.69, 9.17) is 9.47 Å². The fourth-order valence-corrected chi connectivity index (χ4v) is 1.79.